The van der Waals surface area contributed by atoms with Crippen molar-refractivity contribution < 1.29 is 0 Å². The number of hydrogen-bond donors (Lipinski definition) is 1. The van der Waals surface area contributed by atoms with Crippen LogP contribution in [0.1, 0.15) is 11.1 Å². The lowest BCUT2D eigenvalue weighted by molar-refractivity contribution is 0.534. The molecule has 0 amide bonds. The molecule has 1 aromatic rings. The van der Waals surface area contributed by atoms with Crippen LogP contribution in [0.4, 0.5) is 0 Å². The zero-order valence-corrected chi connectivity index (χ0v) is 9.33. The Morgan fingerprint density at radius 2 is 2.07 bits per heavy atom. The maximum absolute atomic E-state index is 4.38. The van der Waals surface area contributed by atoms with Gasteiger partial charge in [0.1, 0.15) is 0 Å². The van der Waals surface area contributed by atoms with Crippen LogP contribution in [0.15, 0.2) is 29.3 Å². The van der Waals surface area contributed by atoms with Crippen LogP contribution in [0.2, 0.25) is 0 Å². The van der Waals surface area contributed by atoms with Crippen LogP contribution >= 0.6 is 0 Å². The number of benzene rings is 1. The molecule has 0 radical (unpaired) electrons. The quantitative estimate of drug-likeness (QED) is 0.786. The van der Waals surface area contributed by atoms with Gasteiger partial charge in [-0.3, -0.25) is 4.99 Å². The van der Waals surface area contributed by atoms with Crippen LogP contribution in [0.25, 0.3) is 0 Å². The van der Waals surface area contributed by atoms with E-state index in [1.54, 1.807) is 0 Å². The maximum Gasteiger partial charge on any atom is 0.194 e. The van der Waals surface area contributed by atoms with Gasteiger partial charge in [-0.1, -0.05) is 29.8 Å². The lowest BCUT2D eigenvalue weighted by Crippen LogP contribution is -2.35. The van der Waals surface area contributed by atoms with Gasteiger partial charge in [-0.05, 0) is 12.5 Å². The fraction of sp³-hybridized carbons (Fsp3) is 0.417. The summed E-state index contributed by atoms with van der Waals surface area (Å²) >= 11 is 0. The Morgan fingerprint density at radius 3 is 2.67 bits per heavy atom. The lowest BCUT2D eigenvalue weighted by atomic mass is 10.1. The van der Waals surface area contributed by atoms with Gasteiger partial charge < -0.3 is 10.2 Å². The molecule has 3 heteroatoms. The third-order valence-corrected chi connectivity index (χ3v) is 2.63. The maximum atomic E-state index is 4.38. The van der Waals surface area contributed by atoms with Gasteiger partial charge in [0.2, 0.25) is 0 Å². The molecule has 1 aliphatic heterocycles. The van der Waals surface area contributed by atoms with Gasteiger partial charge in [0.25, 0.3) is 0 Å². The van der Waals surface area contributed by atoms with E-state index in [1.807, 2.05) is 0 Å². The van der Waals surface area contributed by atoms with Crippen molar-refractivity contribution in [2.45, 2.75) is 13.5 Å². The molecule has 0 saturated heterocycles. The topological polar surface area (TPSA) is 27.6 Å². The van der Waals surface area contributed by atoms with E-state index in [4.69, 9.17) is 0 Å². The molecule has 0 saturated carbocycles. The van der Waals surface area contributed by atoms with Crippen molar-refractivity contribution in [1.29, 1.82) is 0 Å². The highest BCUT2D eigenvalue weighted by molar-refractivity contribution is 5.81. The molecule has 1 aromatic carbocycles. The molecule has 0 bridgehead atoms. The van der Waals surface area contributed by atoms with Crippen LogP contribution < -0.4 is 5.32 Å². The molecule has 2 rings (SSSR count). The summed E-state index contributed by atoms with van der Waals surface area (Å²) < 4.78 is 0. The summed E-state index contributed by atoms with van der Waals surface area (Å²) in [6.45, 7) is 4.89. The van der Waals surface area contributed by atoms with Gasteiger partial charge in [-0.25, -0.2) is 0 Å². The van der Waals surface area contributed by atoms with E-state index in [-0.39, 0.29) is 0 Å². The Labute approximate surface area is 90.8 Å². The summed E-state index contributed by atoms with van der Waals surface area (Å²) in [6, 6.07) is 8.57. The van der Waals surface area contributed by atoms with Gasteiger partial charge in [0.05, 0.1) is 6.54 Å². The second-order valence-electron chi connectivity index (χ2n) is 3.97. The van der Waals surface area contributed by atoms with Crippen molar-refractivity contribution in [2.75, 3.05) is 20.1 Å². The second-order valence-corrected chi connectivity index (χ2v) is 3.97. The highest BCUT2D eigenvalue weighted by Crippen LogP contribution is 2.03. The van der Waals surface area contributed by atoms with Gasteiger partial charge in [0, 0.05) is 20.1 Å². The summed E-state index contributed by atoms with van der Waals surface area (Å²) in [7, 11) is 2.06. The van der Waals surface area contributed by atoms with E-state index < -0.39 is 0 Å². The first-order valence-corrected chi connectivity index (χ1v) is 5.31. The summed E-state index contributed by atoms with van der Waals surface area (Å²) in [4.78, 5) is 6.53. The molecule has 0 fully saturated rings. The van der Waals surface area contributed by atoms with E-state index in [9.17, 15) is 0 Å². The Kier molecular flexibility index (Phi) is 2.90. The summed E-state index contributed by atoms with van der Waals surface area (Å²) in [6.07, 6.45) is 0. The first-order valence-electron chi connectivity index (χ1n) is 5.31. The van der Waals surface area contributed by atoms with E-state index in [1.165, 1.54) is 11.1 Å². The van der Waals surface area contributed by atoms with Crippen molar-refractivity contribution in [3.8, 4) is 0 Å². The predicted molar refractivity (Wildman–Crippen MR) is 63.0 cm³/mol. The minimum Gasteiger partial charge on any atom is -0.352 e. The zero-order chi connectivity index (χ0) is 10.7. The second kappa shape index (κ2) is 4.34. The van der Waals surface area contributed by atoms with Crippen LogP contribution in [-0.2, 0) is 6.54 Å². The summed E-state index contributed by atoms with van der Waals surface area (Å²) in [5.41, 5.74) is 2.60. The Bertz CT molecular complexity index is 354. The highest BCUT2D eigenvalue weighted by atomic mass is 15.3. The van der Waals surface area contributed by atoms with Gasteiger partial charge in [0.15, 0.2) is 5.96 Å². The number of hydrogen-bond acceptors (Lipinski definition) is 3. The van der Waals surface area contributed by atoms with E-state index in [2.05, 4.69) is 53.4 Å². The summed E-state index contributed by atoms with van der Waals surface area (Å²) in [5.74, 6) is 1.01. The summed E-state index contributed by atoms with van der Waals surface area (Å²) in [5, 5.41) is 3.34. The molecule has 0 aromatic heterocycles. The SMILES string of the molecule is Cc1ccc(CNC2=NCCN2C)cc1. The predicted octanol–water partition coefficient (Wildman–Crippen LogP) is 1.39. The minimum absolute atomic E-state index is 0.851. The highest BCUT2D eigenvalue weighted by Gasteiger charge is 2.10. The van der Waals surface area contributed by atoms with Crippen molar-refractivity contribution in [3.63, 3.8) is 0 Å². The van der Waals surface area contributed by atoms with Gasteiger partial charge in [-0.15, -0.1) is 0 Å². The Hall–Kier alpha value is -1.51. The number of nitrogens with one attached hydrogen (secondary N) is 1. The standard InChI is InChI=1S/C12H17N3/c1-10-3-5-11(6-4-10)9-14-12-13-7-8-15(12)2/h3-6H,7-9H2,1-2H3,(H,13,14). The Balaban J connectivity index is 1.90. The van der Waals surface area contributed by atoms with Gasteiger partial charge in [-0.2, -0.15) is 0 Å². The number of aryl methyl sites for hydroxylation is 1. The third kappa shape index (κ3) is 2.49. The van der Waals surface area contributed by atoms with Crippen LogP contribution in [0.5, 0.6) is 0 Å². The Morgan fingerprint density at radius 1 is 1.33 bits per heavy atom. The first kappa shape index (κ1) is 10.0. The van der Waals surface area contributed by atoms with Crippen molar-refractivity contribution >= 4 is 5.96 Å². The van der Waals surface area contributed by atoms with Crippen molar-refractivity contribution in [3.05, 3.63) is 35.4 Å². The number of guanidine groups is 1. The fourth-order valence-corrected chi connectivity index (χ4v) is 1.61. The molecule has 15 heavy (non-hydrogen) atoms. The molecule has 80 valence electrons. The van der Waals surface area contributed by atoms with Crippen LogP contribution in [0.3, 0.4) is 0 Å². The molecule has 1 N–H and O–H groups in total. The molecule has 0 spiro atoms. The molecule has 1 heterocycles. The van der Waals surface area contributed by atoms with Crippen LogP contribution in [0, 0.1) is 6.92 Å². The minimum atomic E-state index is 0.851. The number of likely N-dealkylation sites (N-methyl/N-ethyl adjacent to an activating group) is 1. The van der Waals surface area contributed by atoms with E-state index in [0.29, 0.717) is 0 Å². The average molecular weight is 203 g/mol. The zero-order valence-electron chi connectivity index (χ0n) is 9.33. The number of aliphatic imine (C=N–C) groups is 1. The van der Waals surface area contributed by atoms with Crippen LogP contribution in [-0.4, -0.2) is 31.0 Å². The molecule has 0 unspecified atom stereocenters. The number of rotatable bonds is 2. The van der Waals surface area contributed by atoms with Crippen molar-refractivity contribution in [2.24, 2.45) is 4.99 Å². The molecule has 0 aliphatic carbocycles. The molecular weight excluding hydrogens is 186 g/mol. The first-order chi connectivity index (χ1) is 7.25. The van der Waals surface area contributed by atoms with Crippen molar-refractivity contribution in [1.82, 2.24) is 10.2 Å². The number of nitrogens with zero attached hydrogens (tertiary/aromatic N) is 2. The monoisotopic (exact) mass is 203 g/mol. The smallest absolute Gasteiger partial charge is 0.194 e. The molecule has 0 atom stereocenters. The van der Waals surface area contributed by atoms with E-state index >= 15 is 0 Å². The third-order valence-electron chi connectivity index (χ3n) is 2.63. The lowest BCUT2D eigenvalue weighted by Gasteiger charge is -2.15. The fourth-order valence-electron chi connectivity index (χ4n) is 1.61. The van der Waals surface area contributed by atoms with Gasteiger partial charge >= 0.3 is 0 Å². The average Bonchev–Trinajstić information content (AvgIpc) is 2.63. The molecule has 3 nitrogen and oxygen atoms in total. The molecule has 1 aliphatic rings. The largest absolute Gasteiger partial charge is 0.352 e. The van der Waals surface area contributed by atoms with E-state index in [0.717, 1.165) is 25.6 Å². The molecular formula is C12H17N3. The normalized spacial score (nSPS) is 15.3.